The lowest BCUT2D eigenvalue weighted by atomic mass is 9.99. The summed E-state index contributed by atoms with van der Waals surface area (Å²) in [4.78, 5) is 22.1. The zero-order valence-corrected chi connectivity index (χ0v) is 14.5. The molecule has 1 aliphatic carbocycles. The third kappa shape index (κ3) is 2.67. The van der Waals surface area contributed by atoms with Gasteiger partial charge in [0, 0.05) is 43.5 Å². The molecule has 2 aromatic rings. The van der Waals surface area contributed by atoms with Crippen LogP contribution in [0.1, 0.15) is 43.1 Å². The van der Waals surface area contributed by atoms with Crippen molar-refractivity contribution in [2.24, 2.45) is 0 Å². The average Bonchev–Trinajstić information content (AvgIpc) is 3.41. The molecule has 0 unspecified atom stereocenters. The van der Waals surface area contributed by atoms with Crippen molar-refractivity contribution in [2.45, 2.75) is 50.7 Å². The summed E-state index contributed by atoms with van der Waals surface area (Å²) in [5, 5.41) is 0. The summed E-state index contributed by atoms with van der Waals surface area (Å²) in [5.41, 5.74) is 3.61. The Balaban J connectivity index is 1.35. The van der Waals surface area contributed by atoms with E-state index in [0.29, 0.717) is 6.04 Å². The van der Waals surface area contributed by atoms with Gasteiger partial charge in [-0.3, -0.25) is 9.69 Å². The molecule has 0 spiro atoms. The van der Waals surface area contributed by atoms with Gasteiger partial charge in [-0.05, 0) is 37.8 Å². The molecule has 0 N–H and O–H groups in total. The molecule has 1 atom stereocenters. The molecule has 1 saturated carbocycles. The minimum Gasteiger partial charge on any atom is -0.331 e. The van der Waals surface area contributed by atoms with E-state index in [4.69, 9.17) is 0 Å². The number of hydrogen-bond donors (Lipinski definition) is 0. The maximum atomic E-state index is 13.1. The van der Waals surface area contributed by atoms with Gasteiger partial charge in [-0.15, -0.1) is 0 Å². The number of benzene rings is 1. The number of nitrogens with zero attached hydrogens (tertiary/aromatic N) is 4. The summed E-state index contributed by atoms with van der Waals surface area (Å²) in [6.07, 6.45) is 7.64. The normalized spacial score (nSPS) is 24.4. The third-order valence-electron chi connectivity index (χ3n) is 5.83. The van der Waals surface area contributed by atoms with Gasteiger partial charge < -0.3 is 9.47 Å². The standard InChI is InChI=1S/C20H24N4O/c25-20-19(7-4-11-23(20)15-5-2-1-3-6-15)22-12-10-18-17(13-22)21-14-24(18)16-8-9-16/h1-3,5-6,14,16,19H,4,7-13H2/t19-/m0/s1. The maximum Gasteiger partial charge on any atom is 0.244 e. The van der Waals surface area contributed by atoms with Crippen LogP contribution < -0.4 is 4.90 Å². The number of para-hydroxylation sites is 1. The quantitative estimate of drug-likeness (QED) is 0.865. The number of rotatable bonds is 3. The number of anilines is 1. The van der Waals surface area contributed by atoms with Gasteiger partial charge in [-0.1, -0.05) is 18.2 Å². The molecule has 0 radical (unpaired) electrons. The largest absolute Gasteiger partial charge is 0.331 e. The SMILES string of the molecule is O=C1[C@@H](N2CCc3c(ncn3C3CC3)C2)CCCN1c1ccccc1. The second-order valence-electron chi connectivity index (χ2n) is 7.48. The monoisotopic (exact) mass is 336 g/mol. The number of hydrogen-bond acceptors (Lipinski definition) is 3. The number of imidazole rings is 1. The van der Waals surface area contributed by atoms with E-state index in [-0.39, 0.29) is 11.9 Å². The minimum atomic E-state index is -0.00631. The lowest BCUT2D eigenvalue weighted by molar-refractivity contribution is -0.125. The zero-order valence-electron chi connectivity index (χ0n) is 14.5. The first-order chi connectivity index (χ1) is 12.3. The van der Waals surface area contributed by atoms with E-state index in [9.17, 15) is 4.79 Å². The smallest absolute Gasteiger partial charge is 0.244 e. The minimum absolute atomic E-state index is 0.00631. The predicted molar refractivity (Wildman–Crippen MR) is 96.4 cm³/mol. The van der Waals surface area contributed by atoms with Crippen LogP contribution in [-0.2, 0) is 17.8 Å². The summed E-state index contributed by atoms with van der Waals surface area (Å²) in [6.45, 7) is 2.60. The molecular weight excluding hydrogens is 312 g/mol. The highest BCUT2D eigenvalue weighted by Crippen LogP contribution is 2.37. The Morgan fingerprint density at radius 3 is 2.68 bits per heavy atom. The first kappa shape index (κ1) is 15.1. The molecule has 0 bridgehead atoms. The van der Waals surface area contributed by atoms with Crippen LogP contribution in [0.4, 0.5) is 5.69 Å². The summed E-state index contributed by atoms with van der Waals surface area (Å²) in [5.74, 6) is 0.252. The van der Waals surface area contributed by atoms with E-state index >= 15 is 0 Å². The van der Waals surface area contributed by atoms with Crippen LogP contribution in [0, 0.1) is 0 Å². The molecule has 130 valence electrons. The second-order valence-corrected chi connectivity index (χ2v) is 7.48. The number of aromatic nitrogens is 2. The van der Waals surface area contributed by atoms with Gasteiger partial charge >= 0.3 is 0 Å². The van der Waals surface area contributed by atoms with Crippen molar-refractivity contribution in [2.75, 3.05) is 18.0 Å². The maximum absolute atomic E-state index is 13.1. The fraction of sp³-hybridized carbons (Fsp3) is 0.500. The lowest BCUT2D eigenvalue weighted by Gasteiger charge is -2.39. The topological polar surface area (TPSA) is 41.4 Å². The van der Waals surface area contributed by atoms with Gasteiger partial charge in [0.25, 0.3) is 0 Å². The van der Waals surface area contributed by atoms with Gasteiger partial charge in [-0.25, -0.2) is 4.98 Å². The van der Waals surface area contributed by atoms with Crippen LogP contribution in [-0.4, -0.2) is 39.5 Å². The summed E-state index contributed by atoms with van der Waals surface area (Å²) < 4.78 is 2.38. The van der Waals surface area contributed by atoms with Crippen LogP contribution in [0.25, 0.3) is 0 Å². The molecule has 1 aromatic carbocycles. The van der Waals surface area contributed by atoms with Crippen molar-refractivity contribution >= 4 is 11.6 Å². The average molecular weight is 336 g/mol. The lowest BCUT2D eigenvalue weighted by Crippen LogP contribution is -2.53. The predicted octanol–water partition coefficient (Wildman–Crippen LogP) is 2.77. The van der Waals surface area contributed by atoms with Gasteiger partial charge in [-0.2, -0.15) is 0 Å². The van der Waals surface area contributed by atoms with Crippen molar-refractivity contribution in [3.8, 4) is 0 Å². The Morgan fingerprint density at radius 2 is 1.88 bits per heavy atom. The van der Waals surface area contributed by atoms with Gasteiger partial charge in [0.2, 0.25) is 5.91 Å². The van der Waals surface area contributed by atoms with Crippen LogP contribution in [0.5, 0.6) is 0 Å². The van der Waals surface area contributed by atoms with Gasteiger partial charge in [0.1, 0.15) is 0 Å². The molecule has 5 heteroatoms. The number of piperidine rings is 1. The molecular formula is C20H24N4O. The van der Waals surface area contributed by atoms with E-state index < -0.39 is 0 Å². The molecule has 2 aliphatic heterocycles. The fourth-order valence-electron chi connectivity index (χ4n) is 4.34. The van der Waals surface area contributed by atoms with Crippen molar-refractivity contribution in [3.05, 3.63) is 48.0 Å². The highest BCUT2D eigenvalue weighted by Gasteiger charge is 2.37. The Hall–Kier alpha value is -2.14. The highest BCUT2D eigenvalue weighted by atomic mass is 16.2. The second kappa shape index (κ2) is 5.99. The molecule has 1 saturated heterocycles. The van der Waals surface area contributed by atoms with Crippen LogP contribution >= 0.6 is 0 Å². The van der Waals surface area contributed by atoms with E-state index in [1.54, 1.807) is 0 Å². The third-order valence-corrected chi connectivity index (χ3v) is 5.83. The van der Waals surface area contributed by atoms with Gasteiger partial charge in [0.15, 0.2) is 0 Å². The first-order valence-corrected chi connectivity index (χ1v) is 9.46. The number of carbonyl (C=O) groups is 1. The Morgan fingerprint density at radius 1 is 1.04 bits per heavy atom. The fourth-order valence-corrected chi connectivity index (χ4v) is 4.34. The van der Waals surface area contributed by atoms with E-state index in [2.05, 4.69) is 14.5 Å². The molecule has 5 nitrogen and oxygen atoms in total. The Bertz CT molecular complexity index is 780. The van der Waals surface area contributed by atoms with Crippen molar-refractivity contribution in [1.82, 2.24) is 14.5 Å². The Labute approximate surface area is 148 Å². The van der Waals surface area contributed by atoms with E-state index in [0.717, 1.165) is 44.6 Å². The van der Waals surface area contributed by atoms with Gasteiger partial charge in [0.05, 0.1) is 18.1 Å². The molecule has 2 fully saturated rings. The van der Waals surface area contributed by atoms with Crippen molar-refractivity contribution in [1.29, 1.82) is 0 Å². The van der Waals surface area contributed by atoms with E-state index in [1.807, 2.05) is 41.6 Å². The number of fused-ring (bicyclic) bond motifs is 1. The molecule has 25 heavy (non-hydrogen) atoms. The van der Waals surface area contributed by atoms with Crippen molar-refractivity contribution in [3.63, 3.8) is 0 Å². The van der Waals surface area contributed by atoms with E-state index in [1.165, 1.54) is 24.2 Å². The van der Waals surface area contributed by atoms with Crippen molar-refractivity contribution < 1.29 is 4.79 Å². The summed E-state index contributed by atoms with van der Waals surface area (Å²) >= 11 is 0. The highest BCUT2D eigenvalue weighted by molar-refractivity contribution is 5.97. The van der Waals surface area contributed by atoms with Crippen LogP contribution in [0.15, 0.2) is 36.7 Å². The molecule has 3 aliphatic rings. The summed E-state index contributed by atoms with van der Waals surface area (Å²) in [7, 11) is 0. The number of carbonyl (C=O) groups excluding carboxylic acids is 1. The zero-order chi connectivity index (χ0) is 16.8. The Kier molecular flexibility index (Phi) is 3.63. The van der Waals surface area contributed by atoms with Crippen LogP contribution in [0.3, 0.4) is 0 Å². The number of amides is 1. The summed E-state index contributed by atoms with van der Waals surface area (Å²) in [6, 6.07) is 10.8. The molecule has 5 rings (SSSR count). The molecule has 3 heterocycles. The molecule has 1 aromatic heterocycles. The van der Waals surface area contributed by atoms with Crippen LogP contribution in [0.2, 0.25) is 0 Å². The molecule has 1 amide bonds. The first-order valence-electron chi connectivity index (χ1n) is 9.46.